The molecular formula is C17H21N3O2S. The summed E-state index contributed by atoms with van der Waals surface area (Å²) in [7, 11) is -3.53. The molecule has 1 aromatic heterocycles. The second-order valence-electron chi connectivity index (χ2n) is 6.17. The summed E-state index contributed by atoms with van der Waals surface area (Å²) in [6.45, 7) is 8.48. The van der Waals surface area contributed by atoms with Crippen LogP contribution in [0.5, 0.6) is 0 Å². The molecule has 3 rings (SSSR count). The predicted molar refractivity (Wildman–Crippen MR) is 88.7 cm³/mol. The maximum absolute atomic E-state index is 13.2. The highest BCUT2D eigenvalue weighted by molar-refractivity contribution is 7.89. The number of hydrogen-bond donors (Lipinski definition) is 0. The highest BCUT2D eigenvalue weighted by Crippen LogP contribution is 2.31. The van der Waals surface area contributed by atoms with E-state index in [-0.39, 0.29) is 0 Å². The SMILES string of the molecule is Cc1cc(C)c(C)c(S(=O)(=O)N2CCc3ncncc3C2)c1C. The predicted octanol–water partition coefficient (Wildman–Crippen LogP) is 2.46. The lowest BCUT2D eigenvalue weighted by atomic mass is 10.0. The Morgan fingerprint density at radius 3 is 2.39 bits per heavy atom. The van der Waals surface area contributed by atoms with E-state index in [0.29, 0.717) is 24.4 Å². The van der Waals surface area contributed by atoms with Crippen molar-refractivity contribution >= 4 is 10.0 Å². The van der Waals surface area contributed by atoms with Crippen molar-refractivity contribution in [2.45, 2.75) is 45.6 Å². The second kappa shape index (κ2) is 5.69. The van der Waals surface area contributed by atoms with E-state index in [1.54, 1.807) is 10.5 Å². The third-order valence-electron chi connectivity index (χ3n) is 4.72. The quantitative estimate of drug-likeness (QED) is 0.848. The van der Waals surface area contributed by atoms with Gasteiger partial charge in [0, 0.05) is 37.0 Å². The summed E-state index contributed by atoms with van der Waals surface area (Å²) < 4.78 is 28.0. The van der Waals surface area contributed by atoms with E-state index in [2.05, 4.69) is 9.97 Å². The minimum atomic E-state index is -3.53. The van der Waals surface area contributed by atoms with E-state index >= 15 is 0 Å². The summed E-state index contributed by atoms with van der Waals surface area (Å²) in [5.41, 5.74) is 5.52. The van der Waals surface area contributed by atoms with Crippen LogP contribution in [0.25, 0.3) is 0 Å². The third kappa shape index (κ3) is 2.66. The first-order chi connectivity index (χ1) is 10.8. The molecule has 6 heteroatoms. The Balaban J connectivity index is 2.08. The van der Waals surface area contributed by atoms with Crippen molar-refractivity contribution in [1.82, 2.24) is 14.3 Å². The average molecular weight is 331 g/mol. The second-order valence-corrected chi connectivity index (χ2v) is 8.05. The van der Waals surface area contributed by atoms with E-state index in [4.69, 9.17) is 0 Å². The molecule has 0 fully saturated rings. The zero-order valence-corrected chi connectivity index (χ0v) is 14.7. The fourth-order valence-corrected chi connectivity index (χ4v) is 5.14. The monoisotopic (exact) mass is 331 g/mol. The number of nitrogens with zero attached hydrogens (tertiary/aromatic N) is 3. The molecule has 0 atom stereocenters. The Kier molecular flexibility index (Phi) is 3.98. The molecule has 23 heavy (non-hydrogen) atoms. The highest BCUT2D eigenvalue weighted by Gasteiger charge is 2.32. The van der Waals surface area contributed by atoms with Gasteiger partial charge in [-0.3, -0.25) is 0 Å². The van der Waals surface area contributed by atoms with Crippen molar-refractivity contribution in [3.63, 3.8) is 0 Å². The Bertz CT molecular complexity index is 849. The van der Waals surface area contributed by atoms with Crippen LogP contribution in [0.4, 0.5) is 0 Å². The number of fused-ring (bicyclic) bond motifs is 1. The standard InChI is InChI=1S/C17H21N3O2S/c1-11-7-12(2)14(4)17(13(11)3)23(21,22)20-6-5-16-15(9-20)8-18-10-19-16/h7-8,10H,5-6,9H2,1-4H3. The van der Waals surface area contributed by atoms with Gasteiger partial charge in [-0.05, 0) is 49.9 Å². The Hall–Kier alpha value is -1.79. The van der Waals surface area contributed by atoms with Gasteiger partial charge in [0.1, 0.15) is 6.33 Å². The van der Waals surface area contributed by atoms with Gasteiger partial charge in [0.2, 0.25) is 10.0 Å². The van der Waals surface area contributed by atoms with Crippen molar-refractivity contribution < 1.29 is 8.42 Å². The van der Waals surface area contributed by atoms with Gasteiger partial charge in [-0.2, -0.15) is 4.31 Å². The number of sulfonamides is 1. The van der Waals surface area contributed by atoms with E-state index in [9.17, 15) is 8.42 Å². The number of hydrogen-bond acceptors (Lipinski definition) is 4. The Morgan fingerprint density at radius 2 is 1.74 bits per heavy atom. The van der Waals surface area contributed by atoms with E-state index < -0.39 is 10.0 Å². The normalized spacial score (nSPS) is 15.5. The molecule has 1 aliphatic rings. The fourth-order valence-electron chi connectivity index (χ4n) is 3.14. The highest BCUT2D eigenvalue weighted by atomic mass is 32.2. The van der Waals surface area contributed by atoms with Gasteiger partial charge in [0.15, 0.2) is 0 Å². The van der Waals surface area contributed by atoms with Crippen molar-refractivity contribution in [2.75, 3.05) is 6.54 Å². The van der Waals surface area contributed by atoms with E-state index in [1.165, 1.54) is 6.33 Å². The molecule has 2 aromatic rings. The lowest BCUT2D eigenvalue weighted by molar-refractivity contribution is 0.386. The van der Waals surface area contributed by atoms with Crippen LogP contribution in [0.3, 0.4) is 0 Å². The van der Waals surface area contributed by atoms with Gasteiger partial charge in [-0.25, -0.2) is 18.4 Å². The largest absolute Gasteiger partial charge is 0.244 e. The number of aromatic nitrogens is 2. The summed E-state index contributed by atoms with van der Waals surface area (Å²) >= 11 is 0. The van der Waals surface area contributed by atoms with Gasteiger partial charge >= 0.3 is 0 Å². The topological polar surface area (TPSA) is 63.2 Å². The molecule has 0 bridgehead atoms. The summed E-state index contributed by atoms with van der Waals surface area (Å²) in [4.78, 5) is 8.71. The molecule has 0 saturated heterocycles. The molecule has 2 heterocycles. The van der Waals surface area contributed by atoms with Crippen molar-refractivity contribution in [3.8, 4) is 0 Å². The molecule has 1 aliphatic heterocycles. The Labute approximate surface area is 137 Å². The molecule has 5 nitrogen and oxygen atoms in total. The van der Waals surface area contributed by atoms with Crippen molar-refractivity contribution in [1.29, 1.82) is 0 Å². The number of rotatable bonds is 2. The minimum absolute atomic E-state index is 0.338. The molecular weight excluding hydrogens is 310 g/mol. The van der Waals surface area contributed by atoms with Gasteiger partial charge < -0.3 is 0 Å². The van der Waals surface area contributed by atoms with Crippen LogP contribution in [-0.4, -0.2) is 29.2 Å². The summed E-state index contributed by atoms with van der Waals surface area (Å²) in [5.74, 6) is 0. The average Bonchev–Trinajstić information content (AvgIpc) is 2.52. The zero-order valence-electron chi connectivity index (χ0n) is 13.9. The van der Waals surface area contributed by atoms with Gasteiger partial charge in [-0.15, -0.1) is 0 Å². The van der Waals surface area contributed by atoms with Gasteiger partial charge in [0.25, 0.3) is 0 Å². The molecule has 0 amide bonds. The molecule has 0 spiro atoms. The molecule has 0 unspecified atom stereocenters. The molecule has 0 aliphatic carbocycles. The van der Waals surface area contributed by atoms with Crippen LogP contribution in [0.15, 0.2) is 23.5 Å². The van der Waals surface area contributed by atoms with Crippen LogP contribution in [-0.2, 0) is 23.0 Å². The van der Waals surface area contributed by atoms with E-state index in [0.717, 1.165) is 33.5 Å². The Morgan fingerprint density at radius 1 is 1.09 bits per heavy atom. The lowest BCUT2D eigenvalue weighted by Crippen LogP contribution is -2.37. The van der Waals surface area contributed by atoms with Crippen LogP contribution in [0, 0.1) is 27.7 Å². The summed E-state index contributed by atoms with van der Waals surface area (Å²) in [6.07, 6.45) is 3.85. The first-order valence-corrected chi connectivity index (χ1v) is 9.11. The van der Waals surface area contributed by atoms with Crippen molar-refractivity contribution in [2.24, 2.45) is 0 Å². The maximum Gasteiger partial charge on any atom is 0.243 e. The molecule has 122 valence electrons. The van der Waals surface area contributed by atoms with Crippen LogP contribution >= 0.6 is 0 Å². The molecule has 1 aromatic carbocycles. The van der Waals surface area contributed by atoms with Crippen LogP contribution in [0.2, 0.25) is 0 Å². The maximum atomic E-state index is 13.2. The minimum Gasteiger partial charge on any atom is -0.244 e. The van der Waals surface area contributed by atoms with Crippen LogP contribution in [0.1, 0.15) is 33.5 Å². The first kappa shape index (κ1) is 16.1. The number of aryl methyl sites for hydroxylation is 2. The van der Waals surface area contributed by atoms with E-state index in [1.807, 2.05) is 33.8 Å². The summed E-state index contributed by atoms with van der Waals surface area (Å²) in [5, 5.41) is 0. The van der Waals surface area contributed by atoms with Crippen LogP contribution < -0.4 is 0 Å². The first-order valence-electron chi connectivity index (χ1n) is 7.67. The third-order valence-corrected chi connectivity index (χ3v) is 6.84. The number of benzene rings is 1. The van der Waals surface area contributed by atoms with Gasteiger partial charge in [-0.1, -0.05) is 6.07 Å². The molecule has 0 saturated carbocycles. The molecule has 0 N–H and O–H groups in total. The zero-order chi connectivity index (χ0) is 16.8. The van der Waals surface area contributed by atoms with Crippen molar-refractivity contribution in [3.05, 3.63) is 52.1 Å². The smallest absolute Gasteiger partial charge is 0.243 e. The fraction of sp³-hybridized carbons (Fsp3) is 0.412. The lowest BCUT2D eigenvalue weighted by Gasteiger charge is -2.29. The summed E-state index contributed by atoms with van der Waals surface area (Å²) in [6, 6.07) is 2.04. The van der Waals surface area contributed by atoms with Gasteiger partial charge in [0.05, 0.1) is 4.90 Å². The molecule has 0 radical (unpaired) electrons.